The molecule has 0 aliphatic rings. The molecule has 0 saturated heterocycles. The van der Waals surface area contributed by atoms with Crippen LogP contribution >= 0.6 is 11.6 Å². The third-order valence-electron chi connectivity index (χ3n) is 2.38. The first kappa shape index (κ1) is 14.4. The number of fused-ring (bicyclic) bond motifs is 1. The van der Waals surface area contributed by atoms with Crippen LogP contribution in [0.5, 0.6) is 0 Å². The molecule has 2 aromatic rings. The van der Waals surface area contributed by atoms with Gasteiger partial charge >= 0.3 is 12.1 Å². The number of carbonyl (C=O) groups is 1. The third-order valence-corrected chi connectivity index (χ3v) is 2.57. The molecule has 0 amide bonds. The van der Waals surface area contributed by atoms with Gasteiger partial charge in [0.15, 0.2) is 16.5 Å². The Morgan fingerprint density at radius 1 is 1.50 bits per heavy atom. The summed E-state index contributed by atoms with van der Waals surface area (Å²) in [7, 11) is 0. The number of nitrogens with one attached hydrogen (secondary N) is 1. The molecule has 20 heavy (non-hydrogen) atoms. The van der Waals surface area contributed by atoms with Crippen molar-refractivity contribution >= 4 is 28.9 Å². The summed E-state index contributed by atoms with van der Waals surface area (Å²) in [5.41, 5.74) is 0.0390. The minimum atomic E-state index is -4.29. The Hall–Kier alpha value is -2.03. The van der Waals surface area contributed by atoms with Gasteiger partial charge in [-0.25, -0.2) is 14.3 Å². The van der Waals surface area contributed by atoms with Gasteiger partial charge in [-0.1, -0.05) is 11.6 Å². The van der Waals surface area contributed by atoms with Crippen molar-refractivity contribution in [1.82, 2.24) is 14.6 Å². The predicted molar refractivity (Wildman–Crippen MR) is 64.1 cm³/mol. The molecule has 0 fully saturated rings. The maximum absolute atomic E-state index is 12.1. The van der Waals surface area contributed by atoms with Gasteiger partial charge in [0.1, 0.15) is 0 Å². The molecule has 6 nitrogen and oxygen atoms in total. The highest BCUT2D eigenvalue weighted by atomic mass is 35.5. The number of aromatic nitrogens is 3. The van der Waals surface area contributed by atoms with Crippen LogP contribution in [0.3, 0.4) is 0 Å². The lowest BCUT2D eigenvalue weighted by Crippen LogP contribution is -2.15. The molecule has 0 aliphatic heterocycles. The number of hydrogen-bond donors (Lipinski definition) is 2. The van der Waals surface area contributed by atoms with Crippen LogP contribution in [0.25, 0.3) is 5.65 Å². The fraction of sp³-hybridized carbons (Fsp3) is 0.300. The molecule has 0 unspecified atom stereocenters. The first-order valence-corrected chi connectivity index (χ1v) is 5.74. The van der Waals surface area contributed by atoms with Gasteiger partial charge in [-0.3, -0.25) is 0 Å². The number of hydrogen-bond acceptors (Lipinski definition) is 4. The smallest absolute Gasteiger partial charge is 0.390 e. The number of alkyl halides is 3. The second-order valence-electron chi connectivity index (χ2n) is 3.86. The Labute approximate surface area is 115 Å². The average molecular weight is 309 g/mol. The quantitative estimate of drug-likeness (QED) is 0.907. The lowest BCUT2D eigenvalue weighted by atomic mass is 10.3. The zero-order valence-electron chi connectivity index (χ0n) is 9.78. The Balaban J connectivity index is 2.31. The molecule has 0 atom stereocenters. The van der Waals surface area contributed by atoms with Gasteiger partial charge < -0.3 is 10.4 Å². The van der Waals surface area contributed by atoms with Gasteiger partial charge in [0.2, 0.25) is 0 Å². The number of carboxylic acid groups (broad SMARTS) is 1. The van der Waals surface area contributed by atoms with E-state index >= 15 is 0 Å². The van der Waals surface area contributed by atoms with Crippen molar-refractivity contribution in [3.63, 3.8) is 0 Å². The number of anilines is 1. The summed E-state index contributed by atoms with van der Waals surface area (Å²) < 4.78 is 37.2. The molecular formula is C10H8ClF3N4O2. The van der Waals surface area contributed by atoms with Gasteiger partial charge in [0, 0.05) is 12.6 Å². The van der Waals surface area contributed by atoms with Crippen molar-refractivity contribution in [2.24, 2.45) is 0 Å². The van der Waals surface area contributed by atoms with E-state index in [0.717, 1.165) is 10.7 Å². The molecule has 0 saturated carbocycles. The Morgan fingerprint density at radius 2 is 2.20 bits per heavy atom. The monoisotopic (exact) mass is 308 g/mol. The molecule has 0 aromatic carbocycles. The molecular weight excluding hydrogens is 301 g/mol. The Morgan fingerprint density at radius 3 is 2.80 bits per heavy atom. The number of carboxylic acids is 1. The van der Waals surface area contributed by atoms with Crippen LogP contribution in [0.2, 0.25) is 5.15 Å². The second-order valence-corrected chi connectivity index (χ2v) is 4.24. The molecule has 2 rings (SSSR count). The van der Waals surface area contributed by atoms with E-state index in [0.29, 0.717) is 0 Å². The fourth-order valence-corrected chi connectivity index (χ4v) is 1.74. The summed E-state index contributed by atoms with van der Waals surface area (Å²) in [5, 5.41) is 15.1. The van der Waals surface area contributed by atoms with Crippen LogP contribution < -0.4 is 5.32 Å². The van der Waals surface area contributed by atoms with Gasteiger partial charge in [-0.05, 0) is 0 Å². The van der Waals surface area contributed by atoms with E-state index in [-0.39, 0.29) is 28.7 Å². The van der Waals surface area contributed by atoms with Crippen molar-refractivity contribution in [3.05, 3.63) is 23.1 Å². The van der Waals surface area contributed by atoms with Gasteiger partial charge in [0.25, 0.3) is 0 Å². The van der Waals surface area contributed by atoms with Crippen LogP contribution in [0, 0.1) is 0 Å². The Kier molecular flexibility index (Phi) is 3.71. The SMILES string of the molecule is O=C(O)c1cnc2c(NCCC(F)(F)F)cc(Cl)nn12. The number of aromatic carboxylic acids is 1. The van der Waals surface area contributed by atoms with Gasteiger partial charge in [-0.2, -0.15) is 18.3 Å². The molecule has 10 heteroatoms. The number of halogens is 4. The average Bonchev–Trinajstić information content (AvgIpc) is 2.70. The molecule has 0 radical (unpaired) electrons. The van der Waals surface area contributed by atoms with Crippen molar-refractivity contribution < 1.29 is 23.1 Å². The van der Waals surface area contributed by atoms with Crippen molar-refractivity contribution in [2.45, 2.75) is 12.6 Å². The summed E-state index contributed by atoms with van der Waals surface area (Å²) >= 11 is 5.71. The van der Waals surface area contributed by atoms with E-state index in [1.807, 2.05) is 0 Å². The highest BCUT2D eigenvalue weighted by Gasteiger charge is 2.26. The summed E-state index contributed by atoms with van der Waals surface area (Å²) in [6, 6.07) is 1.28. The minimum absolute atomic E-state index is 0.0625. The number of rotatable bonds is 4. The zero-order chi connectivity index (χ0) is 14.9. The largest absolute Gasteiger partial charge is 0.476 e. The van der Waals surface area contributed by atoms with E-state index in [1.54, 1.807) is 0 Å². The topological polar surface area (TPSA) is 79.5 Å². The highest BCUT2D eigenvalue weighted by molar-refractivity contribution is 6.29. The van der Waals surface area contributed by atoms with E-state index in [4.69, 9.17) is 16.7 Å². The lowest BCUT2D eigenvalue weighted by molar-refractivity contribution is -0.131. The molecule has 0 bridgehead atoms. The van der Waals surface area contributed by atoms with Crippen LogP contribution in [-0.4, -0.2) is 38.4 Å². The fourth-order valence-electron chi connectivity index (χ4n) is 1.55. The van der Waals surface area contributed by atoms with Gasteiger partial charge in [0.05, 0.1) is 18.3 Å². The van der Waals surface area contributed by atoms with Crippen LogP contribution in [0.4, 0.5) is 18.9 Å². The summed E-state index contributed by atoms with van der Waals surface area (Å²) in [4.78, 5) is 14.7. The standard InChI is InChI=1S/C10H8ClF3N4O2/c11-7-3-5(15-2-1-10(12,13)14)8-16-4-6(9(19)20)18(8)17-7/h3-4,15H,1-2H2,(H,19,20). The lowest BCUT2D eigenvalue weighted by Gasteiger charge is -2.10. The number of nitrogens with zero attached hydrogens (tertiary/aromatic N) is 3. The first-order chi connectivity index (χ1) is 9.28. The molecule has 0 spiro atoms. The zero-order valence-corrected chi connectivity index (χ0v) is 10.5. The number of imidazole rings is 1. The van der Waals surface area contributed by atoms with E-state index < -0.39 is 18.6 Å². The second kappa shape index (κ2) is 5.16. The summed E-state index contributed by atoms with van der Waals surface area (Å²) in [6.07, 6.45) is -4.27. The third kappa shape index (κ3) is 3.10. The molecule has 2 heterocycles. The molecule has 2 N–H and O–H groups in total. The molecule has 108 valence electrons. The van der Waals surface area contributed by atoms with E-state index in [2.05, 4.69) is 15.4 Å². The van der Waals surface area contributed by atoms with Crippen molar-refractivity contribution in [3.8, 4) is 0 Å². The predicted octanol–water partition coefficient (Wildman–Crippen LogP) is 2.45. The normalized spacial score (nSPS) is 11.8. The van der Waals surface area contributed by atoms with Crippen molar-refractivity contribution in [1.29, 1.82) is 0 Å². The maximum Gasteiger partial charge on any atom is 0.390 e. The summed E-state index contributed by atoms with van der Waals surface area (Å²) in [5.74, 6) is -1.27. The first-order valence-electron chi connectivity index (χ1n) is 5.36. The van der Waals surface area contributed by atoms with E-state index in [1.165, 1.54) is 6.07 Å². The minimum Gasteiger partial charge on any atom is -0.476 e. The van der Waals surface area contributed by atoms with Crippen LogP contribution in [-0.2, 0) is 0 Å². The Bertz CT molecular complexity index is 656. The van der Waals surface area contributed by atoms with Crippen molar-refractivity contribution in [2.75, 3.05) is 11.9 Å². The van der Waals surface area contributed by atoms with Gasteiger partial charge in [-0.15, -0.1) is 0 Å². The van der Waals surface area contributed by atoms with E-state index in [9.17, 15) is 18.0 Å². The highest BCUT2D eigenvalue weighted by Crippen LogP contribution is 2.23. The van der Waals surface area contributed by atoms with Crippen LogP contribution in [0.1, 0.15) is 16.9 Å². The summed E-state index contributed by atoms with van der Waals surface area (Å²) in [6.45, 7) is -0.380. The maximum atomic E-state index is 12.1. The van der Waals surface area contributed by atoms with Crippen LogP contribution in [0.15, 0.2) is 12.3 Å². The molecule has 0 aliphatic carbocycles. The molecule has 2 aromatic heterocycles.